The van der Waals surface area contributed by atoms with Crippen LogP contribution in [0, 0.1) is 5.82 Å². The second-order valence-electron chi connectivity index (χ2n) is 6.82. The molecule has 2 aromatic rings. The Hall–Kier alpha value is -2.70. The number of aromatic nitrogens is 2. The van der Waals surface area contributed by atoms with E-state index in [0.29, 0.717) is 5.56 Å². The zero-order valence-corrected chi connectivity index (χ0v) is 15.6. The van der Waals surface area contributed by atoms with Gasteiger partial charge in [0.2, 0.25) is 0 Å². The van der Waals surface area contributed by atoms with Gasteiger partial charge in [0.05, 0.1) is 0 Å². The normalized spacial score (nSPS) is 20.9. The molecule has 2 amide bonds. The highest BCUT2D eigenvalue weighted by molar-refractivity contribution is 5.74. The summed E-state index contributed by atoms with van der Waals surface area (Å²) < 4.78 is 13.3. The van der Waals surface area contributed by atoms with E-state index >= 15 is 0 Å². The molecule has 2 heterocycles. The van der Waals surface area contributed by atoms with Gasteiger partial charge in [0.1, 0.15) is 5.82 Å². The highest BCUT2D eigenvalue weighted by Crippen LogP contribution is 2.41. The molecule has 146 valence electrons. The van der Waals surface area contributed by atoms with Crippen molar-refractivity contribution in [3.05, 3.63) is 54.0 Å². The molecule has 7 heteroatoms. The van der Waals surface area contributed by atoms with E-state index in [9.17, 15) is 9.18 Å². The number of urea groups is 1. The third-order valence-electron chi connectivity index (χ3n) is 4.88. The summed E-state index contributed by atoms with van der Waals surface area (Å²) in [5.41, 5.74) is 0.693. The number of hydrogen-bond acceptors (Lipinski definition) is 4. The topological polar surface area (TPSA) is 70.1 Å². The minimum Gasteiger partial charge on any atom is -0.355 e. The summed E-state index contributed by atoms with van der Waals surface area (Å²) >= 11 is 0. The van der Waals surface area contributed by atoms with E-state index in [2.05, 4.69) is 25.7 Å². The molecule has 0 bridgehead atoms. The lowest BCUT2D eigenvalue weighted by Gasteiger charge is -2.26. The number of anilines is 1. The largest absolute Gasteiger partial charge is 0.355 e. The minimum absolute atomic E-state index is 0. The highest BCUT2D eigenvalue weighted by Gasteiger charge is 2.40. The summed E-state index contributed by atoms with van der Waals surface area (Å²) in [6.45, 7) is 2.28. The molecule has 6 nitrogen and oxygen atoms in total. The summed E-state index contributed by atoms with van der Waals surface area (Å²) in [7, 11) is 1.57. The number of carbonyl (C=O) groups excluding carboxylic acids is 1. The maximum atomic E-state index is 13.3. The number of nitrogens with one attached hydrogen (secondary N) is 2. The predicted molar refractivity (Wildman–Crippen MR) is 105 cm³/mol. The van der Waals surface area contributed by atoms with Crippen LogP contribution in [0.5, 0.6) is 0 Å². The zero-order valence-electron chi connectivity index (χ0n) is 15.6. The first-order valence-corrected chi connectivity index (χ1v) is 9.44. The van der Waals surface area contributed by atoms with Gasteiger partial charge in [-0.2, -0.15) is 5.10 Å². The van der Waals surface area contributed by atoms with E-state index in [1.54, 1.807) is 25.4 Å². The number of carbonyl (C=O) groups is 1. The average Bonchev–Trinajstić information content (AvgIpc) is 3.49. The smallest absolute Gasteiger partial charge is 0.314 e. The molecular weight excluding hydrogens is 345 g/mol. The number of halogens is 1. The summed E-state index contributed by atoms with van der Waals surface area (Å²) in [6.07, 6.45) is 6.46. The van der Waals surface area contributed by atoms with Gasteiger partial charge < -0.3 is 15.5 Å². The van der Waals surface area contributed by atoms with Gasteiger partial charge in [0, 0.05) is 39.7 Å². The SMILES string of the molecule is CNC(=O)N[C@H]1C[C@@H]1c1ccccc1F.[HH].c1cnnc(N2CCCCC2)c1. The van der Waals surface area contributed by atoms with Crippen LogP contribution < -0.4 is 15.5 Å². The zero-order chi connectivity index (χ0) is 19.1. The van der Waals surface area contributed by atoms with Gasteiger partial charge in [-0.1, -0.05) is 18.2 Å². The average molecular weight is 373 g/mol. The predicted octanol–water partition coefficient (Wildman–Crippen LogP) is 3.32. The molecule has 1 aromatic carbocycles. The number of benzene rings is 1. The standard InChI is InChI=1S/C11H13FN2O.C9H13N3.H2/c1-13-11(15)14-10-6-8(10)7-4-2-3-5-9(7)12;1-2-7-12(8-3-1)9-5-4-6-10-11-9;/h2-5,8,10H,6H2,1H3,(H2,13,14,15);4-6H,1-3,7-8H2;1H/t8-,10+;;/m1../s1. The number of amides is 2. The van der Waals surface area contributed by atoms with Crippen molar-refractivity contribution in [2.45, 2.75) is 37.6 Å². The van der Waals surface area contributed by atoms with Crippen molar-refractivity contribution in [1.82, 2.24) is 20.8 Å². The Morgan fingerprint density at radius 3 is 2.63 bits per heavy atom. The number of piperidine rings is 1. The number of hydrogen-bond donors (Lipinski definition) is 2. The molecule has 2 N–H and O–H groups in total. The van der Waals surface area contributed by atoms with E-state index in [1.165, 1.54) is 25.3 Å². The van der Waals surface area contributed by atoms with Crippen molar-refractivity contribution < 1.29 is 10.6 Å². The molecule has 1 saturated carbocycles. The van der Waals surface area contributed by atoms with Crippen LogP contribution in [0.3, 0.4) is 0 Å². The molecule has 0 spiro atoms. The molecule has 4 rings (SSSR count). The van der Waals surface area contributed by atoms with Crippen LogP contribution in [0.4, 0.5) is 15.0 Å². The van der Waals surface area contributed by atoms with Crippen LogP contribution in [0.15, 0.2) is 42.6 Å². The van der Waals surface area contributed by atoms with Gasteiger partial charge in [-0.25, -0.2) is 9.18 Å². The maximum absolute atomic E-state index is 13.3. The Labute approximate surface area is 160 Å². The Kier molecular flexibility index (Phi) is 6.57. The Balaban J connectivity index is 0.000000198. The number of rotatable bonds is 3. The molecule has 0 radical (unpaired) electrons. The number of nitrogens with zero attached hydrogens (tertiary/aromatic N) is 3. The third kappa shape index (κ3) is 5.39. The van der Waals surface area contributed by atoms with Crippen LogP contribution in [0.1, 0.15) is 38.6 Å². The third-order valence-corrected chi connectivity index (χ3v) is 4.88. The first-order chi connectivity index (χ1) is 13.2. The first-order valence-electron chi connectivity index (χ1n) is 9.44. The Morgan fingerprint density at radius 2 is 1.96 bits per heavy atom. The van der Waals surface area contributed by atoms with Gasteiger partial charge in [-0.3, -0.25) is 0 Å². The Bertz CT molecular complexity index is 742. The second-order valence-corrected chi connectivity index (χ2v) is 6.82. The molecule has 1 aliphatic carbocycles. The van der Waals surface area contributed by atoms with Gasteiger partial charge in [0.15, 0.2) is 5.82 Å². The molecule has 1 aliphatic heterocycles. The summed E-state index contributed by atoms with van der Waals surface area (Å²) in [5.74, 6) is 0.962. The minimum atomic E-state index is -0.209. The fraction of sp³-hybridized carbons (Fsp3) is 0.450. The van der Waals surface area contributed by atoms with E-state index in [4.69, 9.17) is 0 Å². The van der Waals surface area contributed by atoms with Gasteiger partial charge in [-0.05, 0) is 49.4 Å². The van der Waals surface area contributed by atoms with Crippen molar-refractivity contribution in [1.29, 1.82) is 0 Å². The monoisotopic (exact) mass is 373 g/mol. The van der Waals surface area contributed by atoms with Crippen LogP contribution in [-0.2, 0) is 0 Å². The van der Waals surface area contributed by atoms with Crippen molar-refractivity contribution in [3.8, 4) is 0 Å². The van der Waals surface area contributed by atoms with Crippen molar-refractivity contribution in [2.24, 2.45) is 0 Å². The van der Waals surface area contributed by atoms with E-state index in [-0.39, 0.29) is 25.2 Å². The van der Waals surface area contributed by atoms with Crippen LogP contribution >= 0.6 is 0 Å². The van der Waals surface area contributed by atoms with Crippen LogP contribution in [-0.4, -0.2) is 42.4 Å². The van der Waals surface area contributed by atoms with E-state index < -0.39 is 0 Å². The quantitative estimate of drug-likeness (QED) is 0.866. The van der Waals surface area contributed by atoms with Crippen LogP contribution in [0.2, 0.25) is 0 Å². The molecule has 1 saturated heterocycles. The van der Waals surface area contributed by atoms with Crippen molar-refractivity contribution >= 4 is 11.8 Å². The summed E-state index contributed by atoms with van der Waals surface area (Å²) in [5, 5.41) is 13.2. The lowest BCUT2D eigenvalue weighted by Crippen LogP contribution is -2.34. The van der Waals surface area contributed by atoms with Crippen LogP contribution in [0.25, 0.3) is 0 Å². The molecule has 2 fully saturated rings. The Morgan fingerprint density at radius 1 is 1.19 bits per heavy atom. The van der Waals surface area contributed by atoms with Crippen molar-refractivity contribution in [3.63, 3.8) is 0 Å². The van der Waals surface area contributed by atoms with Gasteiger partial charge >= 0.3 is 6.03 Å². The second kappa shape index (κ2) is 9.30. The van der Waals surface area contributed by atoms with Gasteiger partial charge in [0.25, 0.3) is 0 Å². The molecule has 0 unspecified atom stereocenters. The van der Waals surface area contributed by atoms with Crippen molar-refractivity contribution in [2.75, 3.05) is 25.0 Å². The highest BCUT2D eigenvalue weighted by atomic mass is 19.1. The lowest BCUT2D eigenvalue weighted by molar-refractivity contribution is 0.242. The fourth-order valence-electron chi connectivity index (χ4n) is 3.30. The first kappa shape index (κ1) is 19.1. The lowest BCUT2D eigenvalue weighted by atomic mass is 10.1. The summed E-state index contributed by atoms with van der Waals surface area (Å²) in [4.78, 5) is 13.3. The van der Waals surface area contributed by atoms with E-state index in [0.717, 1.165) is 25.3 Å². The molecule has 2 atom stereocenters. The fourth-order valence-corrected chi connectivity index (χ4v) is 3.30. The van der Waals surface area contributed by atoms with E-state index in [1.807, 2.05) is 18.2 Å². The van der Waals surface area contributed by atoms with Gasteiger partial charge in [-0.15, -0.1) is 5.10 Å². The maximum Gasteiger partial charge on any atom is 0.314 e. The molecule has 2 aliphatic rings. The molecule has 27 heavy (non-hydrogen) atoms. The summed E-state index contributed by atoms with van der Waals surface area (Å²) in [6, 6.07) is 10.5. The molecule has 1 aromatic heterocycles. The molecular formula is C20H28FN5O.